The fourth-order valence-electron chi connectivity index (χ4n) is 5.26. The number of halogens is 1. The topological polar surface area (TPSA) is 112 Å². The highest BCUT2D eigenvalue weighted by molar-refractivity contribution is 5.91. The lowest BCUT2D eigenvalue weighted by atomic mass is 9.90. The first kappa shape index (κ1) is 25.3. The van der Waals surface area contributed by atoms with Crippen molar-refractivity contribution < 1.29 is 18.7 Å². The standard InChI is InChI=1S/C27H33FN6O3/c1-16(29-2)26(35)33-23(18-10-14-37-15-11-18)27(36)34-13-3-4-21(34)25-31-20-9-12-30-22(24(20)32-25)17-5-7-19(28)8-6-17/h5-9,12,16,18,21,23,29H,3-4,10-11,13-15H2,1-2H3,(H,31,32)(H,33,35)/t16-,21-,23-/m0/s1. The largest absolute Gasteiger partial charge is 0.381 e. The molecule has 196 valence electrons. The number of fused-ring (bicyclic) bond motifs is 1. The summed E-state index contributed by atoms with van der Waals surface area (Å²) in [5, 5.41) is 5.98. The summed E-state index contributed by atoms with van der Waals surface area (Å²) in [6.45, 7) is 3.54. The van der Waals surface area contributed by atoms with E-state index in [1.54, 1.807) is 32.3 Å². The number of likely N-dealkylation sites (N-methyl/N-ethyl adjacent to an activating group) is 1. The summed E-state index contributed by atoms with van der Waals surface area (Å²) in [5.41, 5.74) is 2.91. The Hall–Kier alpha value is -3.37. The van der Waals surface area contributed by atoms with Crippen molar-refractivity contribution in [2.45, 2.75) is 50.7 Å². The van der Waals surface area contributed by atoms with E-state index < -0.39 is 12.1 Å². The zero-order valence-electron chi connectivity index (χ0n) is 21.2. The lowest BCUT2D eigenvalue weighted by molar-refractivity contribution is -0.140. The average Bonchev–Trinajstić information content (AvgIpc) is 3.59. The van der Waals surface area contributed by atoms with Gasteiger partial charge in [0, 0.05) is 31.5 Å². The number of aromatic amines is 1. The van der Waals surface area contributed by atoms with Crippen LogP contribution in [0.2, 0.25) is 0 Å². The highest BCUT2D eigenvalue weighted by atomic mass is 19.1. The molecule has 2 saturated heterocycles. The maximum Gasteiger partial charge on any atom is 0.246 e. The highest BCUT2D eigenvalue weighted by Crippen LogP contribution is 2.35. The Bertz CT molecular complexity index is 1260. The maximum absolute atomic E-state index is 14.0. The Morgan fingerprint density at radius 2 is 1.92 bits per heavy atom. The van der Waals surface area contributed by atoms with Crippen molar-refractivity contribution in [3.05, 3.63) is 48.2 Å². The number of nitrogens with one attached hydrogen (secondary N) is 3. The van der Waals surface area contributed by atoms with Crippen molar-refractivity contribution in [1.82, 2.24) is 30.5 Å². The summed E-state index contributed by atoms with van der Waals surface area (Å²) in [6, 6.07) is 6.77. The van der Waals surface area contributed by atoms with Crippen molar-refractivity contribution in [3.8, 4) is 11.3 Å². The zero-order chi connectivity index (χ0) is 25.9. The van der Waals surface area contributed by atoms with Crippen LogP contribution in [0.5, 0.6) is 0 Å². The number of aromatic nitrogens is 3. The van der Waals surface area contributed by atoms with Crippen LogP contribution in [0, 0.1) is 11.7 Å². The Kier molecular flexibility index (Phi) is 7.48. The van der Waals surface area contributed by atoms with E-state index in [0.29, 0.717) is 36.8 Å². The van der Waals surface area contributed by atoms with Gasteiger partial charge in [0.25, 0.3) is 0 Å². The third-order valence-corrected chi connectivity index (χ3v) is 7.52. The molecule has 3 aromatic rings. The lowest BCUT2D eigenvalue weighted by Crippen LogP contribution is -2.56. The molecule has 2 amide bonds. The van der Waals surface area contributed by atoms with Crippen LogP contribution < -0.4 is 10.6 Å². The van der Waals surface area contributed by atoms with Gasteiger partial charge in [0.05, 0.1) is 23.3 Å². The summed E-state index contributed by atoms with van der Waals surface area (Å²) in [6.07, 6.45) is 4.76. The number of hydrogen-bond donors (Lipinski definition) is 3. The van der Waals surface area contributed by atoms with Gasteiger partial charge >= 0.3 is 0 Å². The third-order valence-electron chi connectivity index (χ3n) is 7.52. The summed E-state index contributed by atoms with van der Waals surface area (Å²) < 4.78 is 19.0. The van der Waals surface area contributed by atoms with Gasteiger partial charge in [-0.05, 0) is 75.9 Å². The molecule has 0 saturated carbocycles. The van der Waals surface area contributed by atoms with Gasteiger partial charge in [-0.25, -0.2) is 9.37 Å². The number of ether oxygens (including phenoxy) is 1. The van der Waals surface area contributed by atoms with E-state index in [2.05, 4.69) is 20.6 Å². The first-order valence-corrected chi connectivity index (χ1v) is 12.9. The maximum atomic E-state index is 14.0. The Balaban J connectivity index is 1.44. The first-order chi connectivity index (χ1) is 18.0. The van der Waals surface area contributed by atoms with Crippen LogP contribution in [0.3, 0.4) is 0 Å². The van der Waals surface area contributed by atoms with Crippen LogP contribution in [-0.2, 0) is 14.3 Å². The molecule has 0 unspecified atom stereocenters. The van der Waals surface area contributed by atoms with Crippen LogP contribution in [0.1, 0.15) is 44.5 Å². The summed E-state index contributed by atoms with van der Waals surface area (Å²) in [7, 11) is 1.72. The molecule has 2 fully saturated rings. The van der Waals surface area contributed by atoms with Gasteiger partial charge in [0.2, 0.25) is 11.8 Å². The highest BCUT2D eigenvalue weighted by Gasteiger charge is 2.40. The van der Waals surface area contributed by atoms with E-state index in [1.165, 1.54) is 12.1 Å². The van der Waals surface area contributed by atoms with E-state index in [4.69, 9.17) is 9.72 Å². The molecule has 3 N–H and O–H groups in total. The fourth-order valence-corrected chi connectivity index (χ4v) is 5.26. The smallest absolute Gasteiger partial charge is 0.246 e. The van der Waals surface area contributed by atoms with Crippen molar-refractivity contribution >= 4 is 22.8 Å². The van der Waals surface area contributed by atoms with Gasteiger partial charge in [-0.3, -0.25) is 14.6 Å². The van der Waals surface area contributed by atoms with Crippen LogP contribution >= 0.6 is 0 Å². The monoisotopic (exact) mass is 508 g/mol. The number of H-pyrrole nitrogens is 1. The minimum absolute atomic E-state index is 0.0143. The number of pyridine rings is 1. The Morgan fingerprint density at radius 1 is 1.16 bits per heavy atom. The fraction of sp³-hybridized carbons (Fsp3) is 0.481. The summed E-state index contributed by atoms with van der Waals surface area (Å²) in [4.78, 5) is 41.4. The molecule has 0 spiro atoms. The van der Waals surface area contributed by atoms with Gasteiger partial charge in [-0.1, -0.05) is 0 Å². The molecular weight excluding hydrogens is 475 g/mol. The van der Waals surface area contributed by atoms with Crippen molar-refractivity contribution in [1.29, 1.82) is 0 Å². The third kappa shape index (κ3) is 5.21. The molecule has 4 heterocycles. The summed E-state index contributed by atoms with van der Waals surface area (Å²) in [5.74, 6) is 0.123. The van der Waals surface area contributed by atoms with Crippen LogP contribution in [-0.4, -0.2) is 70.6 Å². The van der Waals surface area contributed by atoms with E-state index in [1.807, 2.05) is 11.0 Å². The normalized spacial score (nSPS) is 20.2. The minimum atomic E-state index is -0.617. The SMILES string of the molecule is CN[C@@H](C)C(=O)N[C@H](C(=O)N1CCC[C@H]1c1nc2c(-c3ccc(F)cc3)nccc2[nH]1)C1CCOCC1. The number of imidazole rings is 1. The lowest BCUT2D eigenvalue weighted by Gasteiger charge is -2.35. The molecule has 0 radical (unpaired) electrons. The number of rotatable bonds is 7. The second-order valence-electron chi connectivity index (χ2n) is 9.82. The molecule has 3 atom stereocenters. The summed E-state index contributed by atoms with van der Waals surface area (Å²) >= 11 is 0. The number of carbonyl (C=O) groups excluding carboxylic acids is 2. The second-order valence-corrected chi connectivity index (χ2v) is 9.82. The second kappa shape index (κ2) is 10.9. The average molecular weight is 509 g/mol. The molecule has 1 aromatic carbocycles. The number of carbonyl (C=O) groups is 2. The van der Waals surface area contributed by atoms with Crippen molar-refractivity contribution in [2.75, 3.05) is 26.8 Å². The van der Waals surface area contributed by atoms with Crippen LogP contribution in [0.15, 0.2) is 36.5 Å². The van der Waals surface area contributed by atoms with E-state index in [-0.39, 0.29) is 29.6 Å². The quantitative estimate of drug-likeness (QED) is 0.453. The zero-order valence-corrected chi connectivity index (χ0v) is 21.2. The first-order valence-electron chi connectivity index (χ1n) is 12.9. The predicted molar refractivity (Wildman–Crippen MR) is 137 cm³/mol. The van der Waals surface area contributed by atoms with Crippen molar-refractivity contribution in [3.63, 3.8) is 0 Å². The molecular formula is C27H33FN6O3. The molecule has 5 rings (SSSR count). The van der Waals surface area contributed by atoms with Gasteiger partial charge in [-0.2, -0.15) is 0 Å². The van der Waals surface area contributed by atoms with Gasteiger partial charge < -0.3 is 25.3 Å². The molecule has 9 nitrogen and oxygen atoms in total. The molecule has 0 aliphatic carbocycles. The molecule has 2 aliphatic rings. The number of likely N-dealkylation sites (tertiary alicyclic amines) is 1. The van der Waals surface area contributed by atoms with E-state index in [9.17, 15) is 14.0 Å². The minimum Gasteiger partial charge on any atom is -0.381 e. The Labute approximate surface area is 215 Å². The van der Waals surface area contributed by atoms with E-state index in [0.717, 1.165) is 36.8 Å². The molecule has 37 heavy (non-hydrogen) atoms. The molecule has 0 bridgehead atoms. The van der Waals surface area contributed by atoms with Crippen LogP contribution in [0.25, 0.3) is 22.3 Å². The number of benzene rings is 1. The number of hydrogen-bond acceptors (Lipinski definition) is 6. The predicted octanol–water partition coefficient (Wildman–Crippen LogP) is 2.95. The van der Waals surface area contributed by atoms with Gasteiger partial charge in [0.1, 0.15) is 23.2 Å². The Morgan fingerprint density at radius 3 is 2.65 bits per heavy atom. The number of nitrogens with zero attached hydrogens (tertiary/aromatic N) is 3. The van der Waals surface area contributed by atoms with Crippen LogP contribution in [0.4, 0.5) is 4.39 Å². The van der Waals surface area contributed by atoms with E-state index >= 15 is 0 Å². The van der Waals surface area contributed by atoms with Gasteiger partial charge in [-0.15, -0.1) is 0 Å². The van der Waals surface area contributed by atoms with Gasteiger partial charge in [0.15, 0.2) is 0 Å². The van der Waals surface area contributed by atoms with Crippen molar-refractivity contribution in [2.24, 2.45) is 5.92 Å². The number of amides is 2. The molecule has 2 aliphatic heterocycles. The molecule has 2 aromatic heterocycles. The molecule has 10 heteroatoms.